The Balaban J connectivity index is 1.45. The van der Waals surface area contributed by atoms with Crippen LogP contribution >= 0.6 is 0 Å². The Hall–Kier alpha value is -2.07. The highest BCUT2D eigenvalue weighted by molar-refractivity contribution is 5.84. The number of carbonyl (C=O) groups excluding carboxylic acids is 1. The van der Waals surface area contributed by atoms with Gasteiger partial charge in [-0.3, -0.25) is 4.79 Å². The Kier molecular flexibility index (Phi) is 7.52. The molecule has 1 amide bonds. The van der Waals surface area contributed by atoms with Crippen LogP contribution in [-0.4, -0.2) is 43.1 Å². The van der Waals surface area contributed by atoms with Crippen LogP contribution in [0.1, 0.15) is 45.4 Å². The zero-order valence-electron chi connectivity index (χ0n) is 16.5. The molecule has 0 saturated carbocycles. The van der Waals surface area contributed by atoms with E-state index >= 15 is 0 Å². The quantitative estimate of drug-likeness (QED) is 0.703. The van der Waals surface area contributed by atoms with Crippen molar-refractivity contribution >= 4 is 16.7 Å². The van der Waals surface area contributed by atoms with E-state index in [9.17, 15) is 4.79 Å². The molecule has 0 spiro atoms. The summed E-state index contributed by atoms with van der Waals surface area (Å²) in [6.07, 6.45) is 6.55. The van der Waals surface area contributed by atoms with Crippen molar-refractivity contribution in [2.45, 2.75) is 51.6 Å². The minimum absolute atomic E-state index is 0.0125. The van der Waals surface area contributed by atoms with E-state index in [-0.39, 0.29) is 5.91 Å². The first-order valence-electron chi connectivity index (χ1n) is 10.4. The van der Waals surface area contributed by atoms with E-state index in [2.05, 4.69) is 22.3 Å². The van der Waals surface area contributed by atoms with Crippen LogP contribution in [0.2, 0.25) is 0 Å². The normalized spacial score (nSPS) is 16.6. The van der Waals surface area contributed by atoms with Gasteiger partial charge in [-0.1, -0.05) is 50.1 Å². The number of amides is 1. The van der Waals surface area contributed by atoms with Crippen LogP contribution in [0.25, 0.3) is 10.8 Å². The number of fused-ring (bicyclic) bond motifs is 1. The topological polar surface area (TPSA) is 41.6 Å². The zero-order chi connectivity index (χ0) is 18.9. The van der Waals surface area contributed by atoms with Crippen LogP contribution in [0.15, 0.2) is 42.5 Å². The SMILES string of the molecule is CC[C@H](Oc1ccc2ccccc2c1)C(=O)NCCCN1CCCCCC1. The third-order valence-electron chi connectivity index (χ3n) is 5.31. The van der Waals surface area contributed by atoms with E-state index in [4.69, 9.17) is 4.74 Å². The van der Waals surface area contributed by atoms with Crippen LogP contribution in [0.3, 0.4) is 0 Å². The Bertz CT molecular complexity index is 723. The minimum atomic E-state index is -0.440. The highest BCUT2D eigenvalue weighted by atomic mass is 16.5. The van der Waals surface area contributed by atoms with Gasteiger partial charge in [0, 0.05) is 6.54 Å². The number of hydrogen-bond donors (Lipinski definition) is 1. The molecule has 1 fully saturated rings. The number of rotatable bonds is 8. The summed E-state index contributed by atoms with van der Waals surface area (Å²) in [6, 6.07) is 14.2. The summed E-state index contributed by atoms with van der Waals surface area (Å²) in [5.74, 6) is 0.738. The molecule has 3 rings (SSSR count). The maximum atomic E-state index is 12.5. The molecule has 0 unspecified atom stereocenters. The maximum absolute atomic E-state index is 12.5. The van der Waals surface area contributed by atoms with Crippen molar-refractivity contribution in [3.8, 4) is 5.75 Å². The average molecular weight is 369 g/mol. The van der Waals surface area contributed by atoms with Crippen LogP contribution in [-0.2, 0) is 4.79 Å². The summed E-state index contributed by atoms with van der Waals surface area (Å²) < 4.78 is 5.97. The lowest BCUT2D eigenvalue weighted by atomic mass is 10.1. The first-order chi connectivity index (χ1) is 13.3. The molecule has 4 heteroatoms. The van der Waals surface area contributed by atoms with Gasteiger partial charge < -0.3 is 15.0 Å². The smallest absolute Gasteiger partial charge is 0.261 e. The fourth-order valence-corrected chi connectivity index (χ4v) is 3.72. The highest BCUT2D eigenvalue weighted by Gasteiger charge is 2.18. The fraction of sp³-hybridized carbons (Fsp3) is 0.522. The van der Waals surface area contributed by atoms with Gasteiger partial charge in [0.15, 0.2) is 6.10 Å². The van der Waals surface area contributed by atoms with Crippen molar-refractivity contribution in [3.63, 3.8) is 0 Å². The van der Waals surface area contributed by atoms with E-state index in [1.54, 1.807) is 0 Å². The number of likely N-dealkylation sites (tertiary alicyclic amines) is 1. The van der Waals surface area contributed by atoms with Crippen molar-refractivity contribution in [2.75, 3.05) is 26.2 Å². The fourth-order valence-electron chi connectivity index (χ4n) is 3.72. The lowest BCUT2D eigenvalue weighted by molar-refractivity contribution is -0.128. The first kappa shape index (κ1) is 19.7. The van der Waals surface area contributed by atoms with E-state index in [0.29, 0.717) is 13.0 Å². The Morgan fingerprint density at radius 1 is 1.07 bits per heavy atom. The number of benzene rings is 2. The number of nitrogens with one attached hydrogen (secondary N) is 1. The summed E-state index contributed by atoms with van der Waals surface area (Å²) in [7, 11) is 0. The molecule has 1 saturated heterocycles. The first-order valence-corrected chi connectivity index (χ1v) is 10.4. The molecule has 0 radical (unpaired) electrons. The van der Waals surface area contributed by atoms with Crippen molar-refractivity contribution in [1.82, 2.24) is 10.2 Å². The molecule has 27 heavy (non-hydrogen) atoms. The molecule has 146 valence electrons. The van der Waals surface area contributed by atoms with Gasteiger partial charge in [0.25, 0.3) is 5.91 Å². The number of hydrogen-bond acceptors (Lipinski definition) is 3. The molecular formula is C23H32N2O2. The molecule has 1 atom stereocenters. The average Bonchev–Trinajstić information content (AvgIpc) is 2.98. The van der Waals surface area contributed by atoms with E-state index < -0.39 is 6.10 Å². The second-order valence-electron chi connectivity index (χ2n) is 7.42. The standard InChI is InChI=1S/C23H32N2O2/c1-2-22(27-21-13-12-19-10-5-6-11-20(19)18-21)23(26)24-14-9-17-25-15-7-3-4-8-16-25/h5-6,10-13,18,22H,2-4,7-9,14-17H2,1H3,(H,24,26)/t22-/m0/s1. The highest BCUT2D eigenvalue weighted by Crippen LogP contribution is 2.22. The van der Waals surface area contributed by atoms with E-state index in [1.165, 1.54) is 44.2 Å². The van der Waals surface area contributed by atoms with Gasteiger partial charge in [0.1, 0.15) is 5.75 Å². The van der Waals surface area contributed by atoms with Crippen molar-refractivity contribution in [3.05, 3.63) is 42.5 Å². The molecule has 1 aliphatic heterocycles. The van der Waals surface area contributed by atoms with E-state index in [1.807, 2.05) is 37.3 Å². The van der Waals surface area contributed by atoms with Gasteiger partial charge in [0.2, 0.25) is 0 Å². The second kappa shape index (κ2) is 10.3. The van der Waals surface area contributed by atoms with Crippen LogP contribution < -0.4 is 10.1 Å². The lowest BCUT2D eigenvalue weighted by Crippen LogP contribution is -2.39. The maximum Gasteiger partial charge on any atom is 0.261 e. The molecular weight excluding hydrogens is 336 g/mol. The molecule has 4 nitrogen and oxygen atoms in total. The van der Waals surface area contributed by atoms with Gasteiger partial charge >= 0.3 is 0 Å². The largest absolute Gasteiger partial charge is 0.481 e. The van der Waals surface area contributed by atoms with Crippen LogP contribution in [0.4, 0.5) is 0 Å². The number of nitrogens with zero attached hydrogens (tertiary/aromatic N) is 1. The molecule has 0 aliphatic carbocycles. The third kappa shape index (κ3) is 5.96. The van der Waals surface area contributed by atoms with Gasteiger partial charge in [0.05, 0.1) is 0 Å². The van der Waals surface area contributed by atoms with Crippen molar-refractivity contribution in [2.24, 2.45) is 0 Å². The zero-order valence-corrected chi connectivity index (χ0v) is 16.5. The van der Waals surface area contributed by atoms with Crippen molar-refractivity contribution in [1.29, 1.82) is 0 Å². The Labute approximate surface area is 162 Å². The predicted molar refractivity (Wildman–Crippen MR) is 111 cm³/mol. The molecule has 2 aromatic carbocycles. The van der Waals surface area contributed by atoms with Crippen LogP contribution in [0.5, 0.6) is 5.75 Å². The number of ether oxygens (including phenoxy) is 1. The van der Waals surface area contributed by atoms with Crippen molar-refractivity contribution < 1.29 is 9.53 Å². The van der Waals surface area contributed by atoms with Gasteiger partial charge in [-0.15, -0.1) is 0 Å². The Morgan fingerprint density at radius 3 is 2.56 bits per heavy atom. The molecule has 2 aromatic rings. The van der Waals surface area contributed by atoms with Gasteiger partial charge in [-0.25, -0.2) is 0 Å². The second-order valence-corrected chi connectivity index (χ2v) is 7.42. The lowest BCUT2D eigenvalue weighted by Gasteiger charge is -2.20. The summed E-state index contributed by atoms with van der Waals surface area (Å²) in [4.78, 5) is 15.0. The third-order valence-corrected chi connectivity index (χ3v) is 5.31. The van der Waals surface area contributed by atoms with Crippen LogP contribution in [0, 0.1) is 0 Å². The van der Waals surface area contributed by atoms with Gasteiger partial charge in [-0.2, -0.15) is 0 Å². The summed E-state index contributed by atoms with van der Waals surface area (Å²) in [5.41, 5.74) is 0. The minimum Gasteiger partial charge on any atom is -0.481 e. The molecule has 0 aromatic heterocycles. The summed E-state index contributed by atoms with van der Waals surface area (Å²) in [6.45, 7) is 6.19. The Morgan fingerprint density at radius 2 is 1.81 bits per heavy atom. The molecule has 0 bridgehead atoms. The van der Waals surface area contributed by atoms with Gasteiger partial charge in [-0.05, 0) is 68.2 Å². The molecule has 1 N–H and O–H groups in total. The summed E-state index contributed by atoms with van der Waals surface area (Å²) >= 11 is 0. The molecule has 1 heterocycles. The number of carbonyl (C=O) groups is 1. The van der Waals surface area contributed by atoms with E-state index in [0.717, 1.165) is 24.1 Å². The molecule has 1 aliphatic rings. The summed E-state index contributed by atoms with van der Waals surface area (Å²) in [5, 5.41) is 5.36. The predicted octanol–water partition coefficient (Wildman–Crippen LogP) is 4.38. The monoisotopic (exact) mass is 368 g/mol.